The number of aryl methyl sites for hydroxylation is 1. The molecular formula is C23H26N4O3S. The topological polar surface area (TPSA) is 84.3 Å². The van der Waals surface area contributed by atoms with Crippen molar-refractivity contribution in [1.82, 2.24) is 14.5 Å². The zero-order valence-electron chi connectivity index (χ0n) is 17.9. The molecule has 2 fully saturated rings. The second-order valence-electron chi connectivity index (χ2n) is 8.79. The predicted octanol–water partition coefficient (Wildman–Crippen LogP) is 3.38. The van der Waals surface area contributed by atoms with Gasteiger partial charge in [0.05, 0.1) is 17.5 Å². The Morgan fingerprint density at radius 1 is 1.19 bits per heavy atom. The van der Waals surface area contributed by atoms with Crippen LogP contribution >= 0.6 is 11.3 Å². The number of carbonyl (C=O) groups excluding carboxylic acids is 3. The van der Waals surface area contributed by atoms with E-state index in [-0.39, 0.29) is 47.9 Å². The normalized spacial score (nSPS) is 26.2. The minimum absolute atomic E-state index is 0.146. The van der Waals surface area contributed by atoms with E-state index in [1.54, 1.807) is 0 Å². The largest absolute Gasteiger partial charge is 0.348 e. The number of anilines is 1. The van der Waals surface area contributed by atoms with Crippen molar-refractivity contribution in [3.63, 3.8) is 0 Å². The number of fused-ring (bicyclic) bond motifs is 5. The van der Waals surface area contributed by atoms with Gasteiger partial charge in [0.1, 0.15) is 6.54 Å². The van der Waals surface area contributed by atoms with Crippen LogP contribution < -0.4 is 5.32 Å². The molecular weight excluding hydrogens is 412 g/mol. The van der Waals surface area contributed by atoms with E-state index in [1.165, 1.54) is 17.0 Å². The van der Waals surface area contributed by atoms with Gasteiger partial charge in [-0.2, -0.15) is 0 Å². The number of rotatable bonds is 6. The Bertz CT molecular complexity index is 1080. The van der Waals surface area contributed by atoms with E-state index in [2.05, 4.69) is 53.9 Å². The van der Waals surface area contributed by atoms with Gasteiger partial charge in [0.25, 0.3) is 0 Å². The zero-order chi connectivity index (χ0) is 21.9. The Kier molecular flexibility index (Phi) is 4.84. The molecule has 3 heterocycles. The third-order valence-corrected chi connectivity index (χ3v) is 7.67. The summed E-state index contributed by atoms with van der Waals surface area (Å²) in [6.07, 6.45) is 6.04. The maximum atomic E-state index is 12.8. The van der Waals surface area contributed by atoms with Gasteiger partial charge in [-0.1, -0.05) is 19.1 Å². The molecule has 0 spiro atoms. The second-order valence-corrected chi connectivity index (χ2v) is 9.64. The summed E-state index contributed by atoms with van der Waals surface area (Å²) in [4.78, 5) is 43.9. The third kappa shape index (κ3) is 3.15. The molecule has 0 aromatic carbocycles. The fourth-order valence-electron chi connectivity index (χ4n) is 5.51. The van der Waals surface area contributed by atoms with E-state index >= 15 is 0 Å². The smallest absolute Gasteiger partial charge is 0.246 e. The first-order valence-corrected chi connectivity index (χ1v) is 11.7. The lowest BCUT2D eigenvalue weighted by Gasteiger charge is -2.16. The monoisotopic (exact) mass is 438 g/mol. The van der Waals surface area contributed by atoms with Crippen molar-refractivity contribution in [2.75, 3.05) is 11.9 Å². The highest BCUT2D eigenvalue weighted by Crippen LogP contribution is 2.52. The number of hydrogen-bond acceptors (Lipinski definition) is 5. The number of amides is 3. The average Bonchev–Trinajstić information content (AvgIpc) is 3.54. The molecule has 1 saturated carbocycles. The number of likely N-dealkylation sites (tertiary alicyclic amines) is 1. The number of nitrogens with one attached hydrogen (secondary N) is 1. The fourth-order valence-corrected chi connectivity index (χ4v) is 6.23. The van der Waals surface area contributed by atoms with E-state index in [0.29, 0.717) is 5.13 Å². The number of nitrogens with zero attached hydrogens (tertiary/aromatic N) is 3. The van der Waals surface area contributed by atoms with Crippen molar-refractivity contribution in [2.24, 2.45) is 23.7 Å². The molecule has 31 heavy (non-hydrogen) atoms. The maximum Gasteiger partial charge on any atom is 0.246 e. The van der Waals surface area contributed by atoms with Gasteiger partial charge in [0.2, 0.25) is 17.7 Å². The number of thiazole rings is 1. The molecule has 8 heteroatoms. The van der Waals surface area contributed by atoms with Crippen LogP contribution in [0, 0.1) is 37.5 Å². The van der Waals surface area contributed by atoms with Crippen molar-refractivity contribution >= 4 is 34.2 Å². The van der Waals surface area contributed by atoms with Gasteiger partial charge < -0.3 is 9.88 Å². The molecule has 2 bridgehead atoms. The van der Waals surface area contributed by atoms with Crippen LogP contribution in [0.3, 0.4) is 0 Å². The van der Waals surface area contributed by atoms with Crippen LogP contribution in [-0.2, 0) is 20.9 Å². The second kappa shape index (κ2) is 7.44. The van der Waals surface area contributed by atoms with E-state index < -0.39 is 0 Å². The molecule has 1 saturated heterocycles. The van der Waals surface area contributed by atoms with Gasteiger partial charge >= 0.3 is 0 Å². The Morgan fingerprint density at radius 3 is 2.52 bits per heavy atom. The molecule has 1 N–H and O–H groups in total. The standard InChI is InChI=1S/C23H26N4O3S/c1-4-7-26-12(2)8-16(13(26)3)17-11-31-23(24-17)25-18(28)10-27-21(29)19-14-5-6-15(9-14)20(19)22(27)30/h5-6,8,11,14-15,19-20H,4,7,9-10H2,1-3H3,(H,24,25,28)/t14-,15-,19-,20-/m0/s1. The zero-order valence-corrected chi connectivity index (χ0v) is 18.7. The van der Waals surface area contributed by atoms with Gasteiger partial charge in [-0.15, -0.1) is 11.3 Å². The first-order valence-electron chi connectivity index (χ1n) is 10.8. The van der Waals surface area contributed by atoms with Crippen LogP contribution in [0.2, 0.25) is 0 Å². The summed E-state index contributed by atoms with van der Waals surface area (Å²) in [5.41, 5.74) is 4.23. The Labute approximate surface area is 185 Å². The van der Waals surface area contributed by atoms with Crippen molar-refractivity contribution in [2.45, 2.75) is 40.2 Å². The van der Waals surface area contributed by atoms with Crippen LogP contribution in [0.15, 0.2) is 23.6 Å². The fraction of sp³-hybridized carbons (Fsp3) is 0.478. The summed E-state index contributed by atoms with van der Waals surface area (Å²) in [5, 5.41) is 5.17. The summed E-state index contributed by atoms with van der Waals surface area (Å²) >= 11 is 1.35. The molecule has 5 rings (SSSR count). The quantitative estimate of drug-likeness (QED) is 0.554. The maximum absolute atomic E-state index is 12.8. The van der Waals surface area contributed by atoms with Crippen LogP contribution in [0.25, 0.3) is 11.3 Å². The van der Waals surface area contributed by atoms with Gasteiger partial charge in [0.15, 0.2) is 5.13 Å². The van der Waals surface area contributed by atoms with Gasteiger partial charge in [-0.05, 0) is 44.6 Å². The molecule has 4 atom stereocenters. The highest BCUT2D eigenvalue weighted by Gasteiger charge is 2.59. The van der Waals surface area contributed by atoms with Gasteiger partial charge in [-0.25, -0.2) is 4.98 Å². The van der Waals surface area contributed by atoms with Crippen molar-refractivity contribution in [1.29, 1.82) is 0 Å². The molecule has 1 aliphatic heterocycles. The molecule has 2 aromatic rings. The first-order chi connectivity index (χ1) is 14.9. The minimum Gasteiger partial charge on any atom is -0.348 e. The van der Waals surface area contributed by atoms with Gasteiger partial charge in [0, 0.05) is 28.9 Å². The lowest BCUT2D eigenvalue weighted by atomic mass is 9.85. The summed E-state index contributed by atoms with van der Waals surface area (Å²) in [6, 6.07) is 2.12. The summed E-state index contributed by atoms with van der Waals surface area (Å²) in [7, 11) is 0. The molecule has 0 unspecified atom stereocenters. The molecule has 3 amide bonds. The number of allylic oxidation sites excluding steroid dienone is 2. The van der Waals surface area contributed by atoms with Crippen LogP contribution in [0.4, 0.5) is 5.13 Å². The number of aromatic nitrogens is 2. The van der Waals surface area contributed by atoms with Crippen LogP contribution in [0.5, 0.6) is 0 Å². The molecule has 2 aliphatic carbocycles. The highest BCUT2D eigenvalue weighted by atomic mass is 32.1. The third-order valence-electron chi connectivity index (χ3n) is 6.91. The van der Waals surface area contributed by atoms with Crippen LogP contribution in [-0.4, -0.2) is 38.7 Å². The van der Waals surface area contributed by atoms with Crippen molar-refractivity contribution in [3.05, 3.63) is 35.0 Å². The molecule has 2 aromatic heterocycles. The van der Waals surface area contributed by atoms with Crippen LogP contribution in [0.1, 0.15) is 31.2 Å². The van der Waals surface area contributed by atoms with E-state index in [0.717, 1.165) is 41.2 Å². The molecule has 7 nitrogen and oxygen atoms in total. The Balaban J connectivity index is 1.27. The Morgan fingerprint density at radius 2 is 1.87 bits per heavy atom. The number of hydrogen-bond donors (Lipinski definition) is 1. The summed E-state index contributed by atoms with van der Waals surface area (Å²) in [6.45, 7) is 7.04. The van der Waals surface area contributed by atoms with Crippen molar-refractivity contribution in [3.8, 4) is 11.3 Å². The van der Waals surface area contributed by atoms with Crippen molar-refractivity contribution < 1.29 is 14.4 Å². The summed E-state index contributed by atoms with van der Waals surface area (Å²) < 4.78 is 2.27. The lowest BCUT2D eigenvalue weighted by molar-refractivity contribution is -0.143. The van der Waals surface area contributed by atoms with E-state index in [1.807, 2.05) is 5.38 Å². The van der Waals surface area contributed by atoms with E-state index in [4.69, 9.17) is 0 Å². The molecule has 0 radical (unpaired) electrons. The lowest BCUT2D eigenvalue weighted by Crippen LogP contribution is -2.39. The summed E-state index contributed by atoms with van der Waals surface area (Å²) in [5.74, 6) is -1.06. The molecule has 3 aliphatic rings. The average molecular weight is 439 g/mol. The number of imide groups is 1. The SMILES string of the molecule is CCCn1c(C)cc(-c2csc(NC(=O)CN3C(=O)[C@@H]4[C@@H](C3=O)[C@H]3C=C[C@H]4C3)n2)c1C. The Hall–Kier alpha value is -2.74. The predicted molar refractivity (Wildman–Crippen MR) is 118 cm³/mol. The van der Waals surface area contributed by atoms with Gasteiger partial charge in [-0.3, -0.25) is 19.3 Å². The minimum atomic E-state index is -0.390. The highest BCUT2D eigenvalue weighted by molar-refractivity contribution is 7.14. The first kappa shape index (κ1) is 20.2. The van der Waals surface area contributed by atoms with E-state index in [9.17, 15) is 14.4 Å². The number of carbonyl (C=O) groups is 3. The molecule has 162 valence electrons.